The lowest BCUT2D eigenvalue weighted by Gasteiger charge is -2.51. The van der Waals surface area contributed by atoms with Crippen LogP contribution in [0.2, 0.25) is 0 Å². The second-order valence-electron chi connectivity index (χ2n) is 11.2. The number of hydrogen-bond donors (Lipinski definition) is 2. The van der Waals surface area contributed by atoms with Crippen molar-refractivity contribution in [3.63, 3.8) is 0 Å². The first-order valence-corrected chi connectivity index (χ1v) is 14.4. The molecule has 3 fully saturated rings. The monoisotopic (exact) mass is 540 g/mol. The van der Waals surface area contributed by atoms with E-state index in [4.69, 9.17) is 10.5 Å². The van der Waals surface area contributed by atoms with Gasteiger partial charge in [0.15, 0.2) is 11.5 Å². The van der Waals surface area contributed by atoms with Crippen LogP contribution >= 0.6 is 0 Å². The maximum absolute atomic E-state index is 14.0. The third-order valence-electron chi connectivity index (χ3n) is 8.85. The minimum Gasteiger partial charge on any atom is -0.457 e. The number of imidazole rings is 1. The molecule has 0 amide bonds. The number of para-hydroxylation sites is 1. The van der Waals surface area contributed by atoms with Crippen LogP contribution in [0.1, 0.15) is 31.7 Å². The van der Waals surface area contributed by atoms with Gasteiger partial charge in [0.05, 0.1) is 5.69 Å². The molecule has 3 N–H and O–H groups in total. The molecule has 0 unspecified atom stereocenters. The first kappa shape index (κ1) is 25.3. The van der Waals surface area contributed by atoms with Crippen LogP contribution in [-0.4, -0.2) is 80.3 Å². The fraction of sp³-hybridized carbons (Fsp3) is 0.433. The maximum Gasteiger partial charge on any atom is 0.335 e. The van der Waals surface area contributed by atoms with E-state index in [-0.39, 0.29) is 11.7 Å². The molecule has 2 aromatic carbocycles. The first-order valence-electron chi connectivity index (χ1n) is 14.4. The number of aromatic nitrogens is 4. The Kier molecular flexibility index (Phi) is 6.74. The molecule has 0 saturated carbocycles. The van der Waals surface area contributed by atoms with E-state index in [2.05, 4.69) is 25.1 Å². The van der Waals surface area contributed by atoms with E-state index in [0.29, 0.717) is 34.5 Å². The molecule has 0 bridgehead atoms. The summed E-state index contributed by atoms with van der Waals surface area (Å²) in [6.07, 6.45) is 5.80. The normalized spacial score (nSPS) is 20.1. The van der Waals surface area contributed by atoms with Crippen molar-refractivity contribution in [1.29, 1.82) is 0 Å². The van der Waals surface area contributed by atoms with Crippen LogP contribution in [0, 0.1) is 0 Å². The molecule has 40 heavy (non-hydrogen) atoms. The lowest BCUT2D eigenvalue weighted by atomic mass is 9.95. The van der Waals surface area contributed by atoms with Gasteiger partial charge in [-0.1, -0.05) is 18.2 Å². The smallest absolute Gasteiger partial charge is 0.335 e. The average molecular weight is 541 g/mol. The summed E-state index contributed by atoms with van der Waals surface area (Å²) < 4.78 is 9.44. The molecule has 0 radical (unpaired) electrons. The molecule has 3 aliphatic rings. The van der Waals surface area contributed by atoms with Gasteiger partial charge in [0.2, 0.25) is 0 Å². The number of anilines is 1. The van der Waals surface area contributed by atoms with E-state index in [9.17, 15) is 4.79 Å². The van der Waals surface area contributed by atoms with Crippen molar-refractivity contribution in [3.8, 4) is 17.2 Å². The molecule has 2 aromatic heterocycles. The van der Waals surface area contributed by atoms with Gasteiger partial charge in [-0.25, -0.2) is 14.8 Å². The quantitative estimate of drug-likeness (QED) is 0.385. The van der Waals surface area contributed by atoms with E-state index >= 15 is 0 Å². The average Bonchev–Trinajstić information content (AvgIpc) is 3.27. The van der Waals surface area contributed by atoms with Gasteiger partial charge in [-0.2, -0.15) is 0 Å². The molecule has 5 heterocycles. The van der Waals surface area contributed by atoms with Crippen molar-refractivity contribution >= 4 is 17.0 Å². The molecule has 0 atom stereocenters. The highest BCUT2D eigenvalue weighted by Gasteiger charge is 2.38. The Morgan fingerprint density at radius 3 is 2.23 bits per heavy atom. The van der Waals surface area contributed by atoms with Gasteiger partial charge in [0.1, 0.15) is 23.3 Å². The van der Waals surface area contributed by atoms with Crippen molar-refractivity contribution in [2.24, 2.45) is 0 Å². The number of nitrogens with zero attached hydrogens (tertiary/aromatic N) is 6. The molecule has 208 valence electrons. The highest BCUT2D eigenvalue weighted by molar-refractivity contribution is 5.84. The molecule has 0 aliphatic carbocycles. The summed E-state index contributed by atoms with van der Waals surface area (Å²) in [5, 5.41) is 3.47. The summed E-state index contributed by atoms with van der Waals surface area (Å²) in [5.74, 6) is 1.75. The topological polar surface area (TPSA) is 106 Å². The van der Waals surface area contributed by atoms with Gasteiger partial charge in [-0.05, 0) is 75.2 Å². The van der Waals surface area contributed by atoms with Gasteiger partial charge in [-0.15, -0.1) is 0 Å². The predicted molar refractivity (Wildman–Crippen MR) is 155 cm³/mol. The maximum atomic E-state index is 14.0. The standard InChI is InChI=1S/C30H36N8O2/c31-28-27-29(34-20-33-28)38(23-12-16-35(17-13-23)24-18-36(19-24)21-10-14-32-15-11-21)30(39)37(27)22-6-8-26(9-7-22)40-25-4-2-1-3-5-25/h1-9,20-21,23-24,32H,10-19H2,(H2,31,33,34). The number of hydrogen-bond acceptors (Lipinski definition) is 8. The van der Waals surface area contributed by atoms with E-state index in [0.717, 1.165) is 50.8 Å². The summed E-state index contributed by atoms with van der Waals surface area (Å²) in [4.78, 5) is 28.0. The number of benzene rings is 2. The zero-order valence-corrected chi connectivity index (χ0v) is 22.7. The first-order chi connectivity index (χ1) is 19.7. The van der Waals surface area contributed by atoms with E-state index in [1.54, 1.807) is 4.57 Å². The Bertz CT molecular complexity index is 1510. The molecule has 10 heteroatoms. The van der Waals surface area contributed by atoms with E-state index < -0.39 is 0 Å². The van der Waals surface area contributed by atoms with Crippen LogP contribution in [0.25, 0.3) is 16.9 Å². The lowest BCUT2D eigenvalue weighted by molar-refractivity contribution is -0.0159. The number of piperidine rings is 2. The van der Waals surface area contributed by atoms with Crippen molar-refractivity contribution < 1.29 is 4.74 Å². The van der Waals surface area contributed by atoms with Crippen LogP contribution in [0.3, 0.4) is 0 Å². The van der Waals surface area contributed by atoms with Crippen molar-refractivity contribution in [3.05, 3.63) is 71.4 Å². The molecule has 3 aliphatic heterocycles. The van der Waals surface area contributed by atoms with Crippen molar-refractivity contribution in [2.45, 2.75) is 43.8 Å². The van der Waals surface area contributed by atoms with Crippen molar-refractivity contribution in [2.75, 3.05) is 45.0 Å². The number of nitrogen functional groups attached to an aromatic ring is 1. The summed E-state index contributed by atoms with van der Waals surface area (Å²) in [5.41, 5.74) is 8.07. The molecule has 3 saturated heterocycles. The van der Waals surface area contributed by atoms with Gasteiger partial charge in [0, 0.05) is 44.3 Å². The Morgan fingerprint density at radius 1 is 0.800 bits per heavy atom. The Labute approximate surface area is 233 Å². The fourth-order valence-corrected chi connectivity index (χ4v) is 6.62. The summed E-state index contributed by atoms with van der Waals surface area (Å²) >= 11 is 0. The van der Waals surface area contributed by atoms with E-state index in [1.807, 2.05) is 59.2 Å². The zero-order chi connectivity index (χ0) is 27.1. The van der Waals surface area contributed by atoms with Gasteiger partial charge in [0.25, 0.3) is 0 Å². The minimum atomic E-state index is -0.127. The van der Waals surface area contributed by atoms with Crippen LogP contribution in [0.4, 0.5) is 5.82 Å². The van der Waals surface area contributed by atoms with Crippen LogP contribution in [0.5, 0.6) is 11.5 Å². The van der Waals surface area contributed by atoms with Crippen LogP contribution < -0.4 is 21.5 Å². The Balaban J connectivity index is 1.09. The molecular formula is C30H36N8O2. The number of nitrogens with one attached hydrogen (secondary N) is 1. The van der Waals surface area contributed by atoms with E-state index in [1.165, 1.54) is 32.3 Å². The highest BCUT2D eigenvalue weighted by atomic mass is 16.5. The van der Waals surface area contributed by atoms with Gasteiger partial charge in [-0.3, -0.25) is 18.9 Å². The number of fused-ring (bicyclic) bond motifs is 1. The lowest BCUT2D eigenvalue weighted by Crippen LogP contribution is -2.64. The Morgan fingerprint density at radius 2 is 1.50 bits per heavy atom. The second kappa shape index (κ2) is 10.7. The zero-order valence-electron chi connectivity index (χ0n) is 22.7. The van der Waals surface area contributed by atoms with Crippen LogP contribution in [-0.2, 0) is 0 Å². The molecule has 4 aromatic rings. The third-order valence-corrected chi connectivity index (χ3v) is 8.85. The van der Waals surface area contributed by atoms with Gasteiger partial charge < -0.3 is 15.8 Å². The summed E-state index contributed by atoms with van der Waals surface area (Å²) in [6.45, 7) is 6.59. The Hall–Kier alpha value is -3.73. The van der Waals surface area contributed by atoms with Crippen molar-refractivity contribution in [1.82, 2.24) is 34.2 Å². The number of ether oxygens (including phenoxy) is 1. The molecular weight excluding hydrogens is 504 g/mol. The second-order valence-corrected chi connectivity index (χ2v) is 11.2. The predicted octanol–water partition coefficient (Wildman–Crippen LogP) is 3.03. The molecule has 7 rings (SSSR count). The van der Waals surface area contributed by atoms with Crippen LogP contribution in [0.15, 0.2) is 65.7 Å². The minimum absolute atomic E-state index is 0.0723. The molecule has 0 spiro atoms. The SMILES string of the molecule is Nc1ncnc2c1n(-c1ccc(Oc3ccccc3)cc1)c(=O)n2C1CCN(C2CN(C3CCNCC3)C2)CC1. The largest absolute Gasteiger partial charge is 0.457 e. The summed E-state index contributed by atoms with van der Waals surface area (Å²) in [7, 11) is 0. The fourth-order valence-electron chi connectivity index (χ4n) is 6.62. The number of rotatable bonds is 6. The number of likely N-dealkylation sites (tertiary alicyclic amines) is 2. The molecule has 10 nitrogen and oxygen atoms in total. The third kappa shape index (κ3) is 4.66. The van der Waals surface area contributed by atoms with Gasteiger partial charge >= 0.3 is 5.69 Å². The highest BCUT2D eigenvalue weighted by Crippen LogP contribution is 2.31. The number of nitrogens with two attached hydrogens (primary N) is 1. The summed E-state index contributed by atoms with van der Waals surface area (Å²) in [6, 6.07) is 18.6.